The van der Waals surface area contributed by atoms with E-state index in [0.29, 0.717) is 6.54 Å². The quantitative estimate of drug-likeness (QED) is 0.594. The van der Waals surface area contributed by atoms with Gasteiger partial charge in [-0.05, 0) is 19.3 Å². The molecule has 0 radical (unpaired) electrons. The summed E-state index contributed by atoms with van der Waals surface area (Å²) in [4.78, 5) is 0. The van der Waals surface area contributed by atoms with Gasteiger partial charge in [-0.2, -0.15) is 0 Å². The number of nitrogens with one attached hydrogen (secondary N) is 1. The minimum absolute atomic E-state index is 0.102. The van der Waals surface area contributed by atoms with Crippen molar-refractivity contribution in [3.63, 3.8) is 0 Å². The molecule has 12 heavy (non-hydrogen) atoms. The summed E-state index contributed by atoms with van der Waals surface area (Å²) < 4.78 is 0. The second-order valence-electron chi connectivity index (χ2n) is 4.42. The van der Waals surface area contributed by atoms with E-state index in [1.807, 2.05) is 19.1 Å². The third kappa shape index (κ3) is 3.09. The molecule has 0 amide bonds. The molecule has 1 saturated carbocycles. The minimum atomic E-state index is 0.102. The van der Waals surface area contributed by atoms with Gasteiger partial charge in [0.1, 0.15) is 0 Å². The molecule has 72 valence electrons. The average Bonchev–Trinajstić information content (AvgIpc) is 2.70. The van der Waals surface area contributed by atoms with Crippen LogP contribution in [0.3, 0.4) is 0 Å². The van der Waals surface area contributed by atoms with Gasteiger partial charge in [0.05, 0.1) is 0 Å². The molecule has 0 heterocycles. The first-order valence-corrected chi connectivity index (χ1v) is 4.71. The van der Waals surface area contributed by atoms with Crippen LogP contribution in [0.15, 0.2) is 0 Å². The summed E-state index contributed by atoms with van der Waals surface area (Å²) in [5, 5.41) is 2.00. The zero-order chi connectivity index (χ0) is 9.19. The van der Waals surface area contributed by atoms with Crippen LogP contribution < -0.4 is 11.2 Å². The van der Waals surface area contributed by atoms with Crippen LogP contribution >= 0.6 is 0 Å². The summed E-state index contributed by atoms with van der Waals surface area (Å²) in [6.45, 7) is 2.91. The van der Waals surface area contributed by atoms with E-state index in [4.69, 9.17) is 5.73 Å². The zero-order valence-electron chi connectivity index (χ0n) is 8.43. The lowest BCUT2D eigenvalue weighted by atomic mass is 9.96. The Bertz CT molecular complexity index is 137. The molecule has 0 aromatic heterocycles. The predicted molar refractivity (Wildman–Crippen MR) is 51.6 cm³/mol. The Morgan fingerprint density at radius 2 is 2.08 bits per heavy atom. The first-order chi connectivity index (χ1) is 5.56. The van der Waals surface area contributed by atoms with Crippen molar-refractivity contribution in [2.75, 3.05) is 20.6 Å². The Balaban J connectivity index is 2.36. The maximum atomic E-state index is 5.74. The third-order valence-electron chi connectivity index (χ3n) is 2.38. The molecule has 0 spiro atoms. The number of rotatable bonds is 5. The van der Waals surface area contributed by atoms with Crippen molar-refractivity contribution < 1.29 is 0 Å². The molecule has 0 aliphatic heterocycles. The summed E-state index contributed by atoms with van der Waals surface area (Å²) in [7, 11) is 4.03. The van der Waals surface area contributed by atoms with Gasteiger partial charge in [0.15, 0.2) is 0 Å². The van der Waals surface area contributed by atoms with E-state index >= 15 is 0 Å². The van der Waals surface area contributed by atoms with Crippen LogP contribution in [0, 0.1) is 5.92 Å². The van der Waals surface area contributed by atoms with Crippen LogP contribution in [0.5, 0.6) is 0 Å². The van der Waals surface area contributed by atoms with Gasteiger partial charge in [0.25, 0.3) is 0 Å². The van der Waals surface area contributed by atoms with Crippen molar-refractivity contribution in [1.29, 1.82) is 0 Å². The first kappa shape index (κ1) is 9.96. The van der Waals surface area contributed by atoms with Gasteiger partial charge in [-0.25, -0.2) is 5.43 Å². The first-order valence-electron chi connectivity index (χ1n) is 4.71. The van der Waals surface area contributed by atoms with E-state index < -0.39 is 0 Å². The van der Waals surface area contributed by atoms with Gasteiger partial charge < -0.3 is 5.73 Å². The second-order valence-corrected chi connectivity index (χ2v) is 4.42. The molecular formula is C9H21N3. The maximum Gasteiger partial charge on any atom is 0.0422 e. The molecule has 1 aliphatic rings. The molecule has 1 rings (SSSR count). The molecule has 3 N–H and O–H groups in total. The van der Waals surface area contributed by atoms with E-state index in [-0.39, 0.29) is 5.54 Å². The molecule has 1 aliphatic carbocycles. The summed E-state index contributed by atoms with van der Waals surface area (Å²) in [6.07, 6.45) is 4.00. The molecule has 0 bridgehead atoms. The van der Waals surface area contributed by atoms with Crippen LogP contribution in [0.25, 0.3) is 0 Å². The number of nitrogens with two attached hydrogens (primary N) is 1. The maximum absolute atomic E-state index is 5.74. The molecule has 0 saturated heterocycles. The molecular weight excluding hydrogens is 150 g/mol. The lowest BCUT2D eigenvalue weighted by Crippen LogP contribution is -2.54. The molecule has 0 aromatic carbocycles. The highest BCUT2D eigenvalue weighted by Crippen LogP contribution is 2.36. The summed E-state index contributed by atoms with van der Waals surface area (Å²) in [5.41, 5.74) is 9.23. The normalized spacial score (nSPS) is 22.8. The average molecular weight is 171 g/mol. The van der Waals surface area contributed by atoms with E-state index in [9.17, 15) is 0 Å². The predicted octanol–water partition coefficient (Wildman–Crippen LogP) is 0.570. The van der Waals surface area contributed by atoms with Crippen molar-refractivity contribution in [3.05, 3.63) is 0 Å². The molecule has 1 unspecified atom stereocenters. The Morgan fingerprint density at radius 1 is 1.50 bits per heavy atom. The standard InChI is InChI=1S/C9H21N3/c1-9(7-10,11-12(2)3)6-8-4-5-8/h8,11H,4-7,10H2,1-3H3. The Labute approximate surface area is 75.3 Å². The van der Waals surface area contributed by atoms with Gasteiger partial charge in [0.2, 0.25) is 0 Å². The van der Waals surface area contributed by atoms with Crippen LogP contribution in [0.4, 0.5) is 0 Å². The second kappa shape index (κ2) is 3.73. The third-order valence-corrected chi connectivity index (χ3v) is 2.38. The molecule has 1 atom stereocenters. The highest BCUT2D eigenvalue weighted by Gasteiger charge is 2.32. The van der Waals surface area contributed by atoms with Crippen LogP contribution in [-0.2, 0) is 0 Å². The van der Waals surface area contributed by atoms with Crippen molar-refractivity contribution in [2.24, 2.45) is 11.7 Å². The summed E-state index contributed by atoms with van der Waals surface area (Å²) >= 11 is 0. The van der Waals surface area contributed by atoms with Gasteiger partial charge in [-0.3, -0.25) is 5.01 Å². The largest absolute Gasteiger partial charge is 0.329 e. The number of nitrogens with zero attached hydrogens (tertiary/aromatic N) is 1. The lowest BCUT2D eigenvalue weighted by Gasteiger charge is -2.32. The fraction of sp³-hybridized carbons (Fsp3) is 1.00. The van der Waals surface area contributed by atoms with Crippen molar-refractivity contribution in [1.82, 2.24) is 10.4 Å². The van der Waals surface area contributed by atoms with Crippen LogP contribution in [0.2, 0.25) is 0 Å². The number of hydrogen-bond acceptors (Lipinski definition) is 3. The summed E-state index contributed by atoms with van der Waals surface area (Å²) in [6, 6.07) is 0. The van der Waals surface area contributed by atoms with E-state index in [1.165, 1.54) is 19.3 Å². The molecule has 3 heteroatoms. The van der Waals surface area contributed by atoms with Crippen molar-refractivity contribution in [3.8, 4) is 0 Å². The SMILES string of the molecule is CN(C)NC(C)(CN)CC1CC1. The fourth-order valence-electron chi connectivity index (χ4n) is 1.67. The zero-order valence-corrected chi connectivity index (χ0v) is 8.43. The smallest absolute Gasteiger partial charge is 0.0422 e. The molecule has 0 aromatic rings. The lowest BCUT2D eigenvalue weighted by molar-refractivity contribution is 0.162. The van der Waals surface area contributed by atoms with E-state index in [2.05, 4.69) is 12.3 Å². The van der Waals surface area contributed by atoms with E-state index in [0.717, 1.165) is 5.92 Å². The molecule has 3 nitrogen and oxygen atoms in total. The Morgan fingerprint density at radius 3 is 2.42 bits per heavy atom. The Kier molecular flexibility index (Phi) is 3.09. The number of hydrazine groups is 1. The monoisotopic (exact) mass is 171 g/mol. The highest BCUT2D eigenvalue weighted by molar-refractivity contribution is 4.89. The van der Waals surface area contributed by atoms with Crippen LogP contribution in [0.1, 0.15) is 26.2 Å². The van der Waals surface area contributed by atoms with Gasteiger partial charge in [0, 0.05) is 26.2 Å². The van der Waals surface area contributed by atoms with Gasteiger partial charge in [-0.15, -0.1) is 0 Å². The Hall–Kier alpha value is -0.120. The van der Waals surface area contributed by atoms with Gasteiger partial charge in [-0.1, -0.05) is 12.8 Å². The van der Waals surface area contributed by atoms with Gasteiger partial charge >= 0.3 is 0 Å². The van der Waals surface area contributed by atoms with Crippen LogP contribution in [-0.4, -0.2) is 31.2 Å². The number of hydrogen-bond donors (Lipinski definition) is 2. The van der Waals surface area contributed by atoms with E-state index in [1.54, 1.807) is 0 Å². The topological polar surface area (TPSA) is 41.3 Å². The summed E-state index contributed by atoms with van der Waals surface area (Å²) in [5.74, 6) is 0.922. The highest BCUT2D eigenvalue weighted by atomic mass is 15.5. The minimum Gasteiger partial charge on any atom is -0.329 e. The van der Waals surface area contributed by atoms with Crippen molar-refractivity contribution >= 4 is 0 Å². The van der Waals surface area contributed by atoms with Crippen molar-refractivity contribution in [2.45, 2.75) is 31.7 Å². The molecule has 1 fully saturated rings. The fourth-order valence-corrected chi connectivity index (χ4v) is 1.67.